The first-order chi connectivity index (χ1) is 17.1. The van der Waals surface area contributed by atoms with Crippen LogP contribution in [-0.4, -0.2) is 63.7 Å². The Morgan fingerprint density at radius 1 is 1.32 bits per heavy atom. The summed E-state index contributed by atoms with van der Waals surface area (Å²) < 4.78 is 34.8. The summed E-state index contributed by atoms with van der Waals surface area (Å²) >= 11 is 6.32. The number of carbonyl (C=O) groups excluding carboxylic acids is 1. The Hall–Kier alpha value is -2.41. The molecule has 1 aliphatic rings. The van der Waals surface area contributed by atoms with Gasteiger partial charge in [0.15, 0.2) is 6.23 Å². The molecule has 0 aliphatic carbocycles. The van der Waals surface area contributed by atoms with Crippen LogP contribution in [0.4, 0.5) is 0 Å². The second-order valence-corrected chi connectivity index (χ2v) is 11.5. The number of nitrogens with one attached hydrogen (secondary N) is 2. The van der Waals surface area contributed by atoms with E-state index in [0.29, 0.717) is 0 Å². The van der Waals surface area contributed by atoms with Gasteiger partial charge in [0.2, 0.25) is 0 Å². The number of benzene rings is 1. The number of hydrogen-bond donors (Lipinski definition) is 3. The Morgan fingerprint density at radius 3 is 2.57 bits per heavy atom. The molecule has 5 atom stereocenters. The molecule has 0 amide bonds. The topological polar surface area (TPSA) is 158 Å². The van der Waals surface area contributed by atoms with E-state index in [1.165, 1.54) is 26.0 Å². The molecule has 37 heavy (non-hydrogen) atoms. The van der Waals surface area contributed by atoms with Gasteiger partial charge in [-0.3, -0.25) is 23.7 Å². The van der Waals surface area contributed by atoms with Gasteiger partial charge in [0.1, 0.15) is 25.2 Å². The van der Waals surface area contributed by atoms with Crippen molar-refractivity contribution in [3.05, 3.63) is 63.4 Å². The van der Waals surface area contributed by atoms with E-state index in [4.69, 9.17) is 38.0 Å². The predicted octanol–water partition coefficient (Wildman–Crippen LogP) is 1.42. The number of aliphatic hydroxyl groups excluding tert-OH is 1. The number of carbonyl (C=O) groups is 1. The van der Waals surface area contributed by atoms with E-state index in [0.717, 1.165) is 16.8 Å². The monoisotopic (exact) mass is 555 g/mol. The van der Waals surface area contributed by atoms with Crippen LogP contribution in [0.15, 0.2) is 52.2 Å². The summed E-state index contributed by atoms with van der Waals surface area (Å²) in [5.41, 5.74) is -3.04. The van der Waals surface area contributed by atoms with Crippen molar-refractivity contribution in [2.75, 3.05) is 6.61 Å². The van der Waals surface area contributed by atoms with Crippen molar-refractivity contribution in [3.8, 4) is 5.75 Å². The summed E-state index contributed by atoms with van der Waals surface area (Å²) in [6, 6.07) is 9.12. The molecule has 12 nitrogen and oxygen atoms in total. The number of para-hydroxylation sites is 1. The lowest BCUT2D eigenvalue weighted by molar-refractivity contribution is -0.153. The number of aliphatic hydroxyl groups is 1. The number of rotatable bonds is 10. The Bertz CT molecular complexity index is 1270. The maximum atomic E-state index is 13.8. The van der Waals surface area contributed by atoms with Crippen molar-refractivity contribution in [3.63, 3.8) is 0 Å². The van der Waals surface area contributed by atoms with Crippen molar-refractivity contribution >= 4 is 33.2 Å². The first-order valence-electron chi connectivity index (χ1n) is 11.3. The molecule has 0 unspecified atom stereocenters. The number of hydrogen-bond acceptors (Lipinski definition) is 9. The maximum Gasteiger partial charge on any atom is 0.459 e. The van der Waals surface area contributed by atoms with Crippen LogP contribution in [0.3, 0.4) is 0 Å². The molecule has 1 saturated heterocycles. The van der Waals surface area contributed by atoms with Crippen molar-refractivity contribution < 1.29 is 33.0 Å². The Kier molecular flexibility index (Phi) is 8.78. The van der Waals surface area contributed by atoms with E-state index in [-0.39, 0.29) is 5.75 Å². The standard InChI is InChI=1S/C22H28BClN3O9P/c1-13(2)34-19(30)21(3,4)26-37(32,36-14-8-6-5-7-9-14)33-12-15-17(29)22(23,24)18(35-15)27-11-10-16(28)25-20(27)31/h5-11,13,15,17-18,29H,12H2,1-4H3,(H,26,32)(H,25,28,31)/t15-,17-,18-,22+,37+/m1/s1. The largest absolute Gasteiger partial charge is 0.462 e. The molecular weight excluding hydrogens is 527 g/mol. The van der Waals surface area contributed by atoms with E-state index < -0.39 is 66.4 Å². The highest BCUT2D eigenvalue weighted by Crippen LogP contribution is 2.48. The lowest BCUT2D eigenvalue weighted by atomic mass is 9.79. The lowest BCUT2D eigenvalue weighted by Crippen LogP contribution is -2.48. The summed E-state index contributed by atoms with van der Waals surface area (Å²) in [7, 11) is 1.72. The van der Waals surface area contributed by atoms with Gasteiger partial charge in [0.05, 0.1) is 23.6 Å². The van der Waals surface area contributed by atoms with Crippen LogP contribution in [0.25, 0.3) is 0 Å². The molecule has 1 fully saturated rings. The van der Waals surface area contributed by atoms with Crippen LogP contribution in [-0.2, 0) is 23.4 Å². The number of aromatic amines is 1. The molecule has 0 saturated carbocycles. The molecule has 1 aromatic carbocycles. The molecule has 2 radical (unpaired) electrons. The van der Waals surface area contributed by atoms with Crippen molar-refractivity contribution in [1.29, 1.82) is 0 Å². The zero-order valence-corrected chi connectivity index (χ0v) is 22.3. The third-order valence-electron chi connectivity index (χ3n) is 5.24. The number of ether oxygens (including phenoxy) is 2. The van der Waals surface area contributed by atoms with Crippen molar-refractivity contribution in [2.45, 2.75) is 62.5 Å². The fourth-order valence-corrected chi connectivity index (χ4v) is 5.40. The molecule has 3 rings (SSSR count). The normalized spacial score (nSPS) is 25.5. The van der Waals surface area contributed by atoms with E-state index in [1.807, 2.05) is 4.98 Å². The van der Waals surface area contributed by atoms with E-state index in [2.05, 4.69) is 5.09 Å². The molecule has 200 valence electrons. The van der Waals surface area contributed by atoms with E-state index in [9.17, 15) is 24.1 Å². The van der Waals surface area contributed by atoms with Crippen LogP contribution < -0.4 is 20.9 Å². The fraction of sp³-hybridized carbons (Fsp3) is 0.500. The average molecular weight is 556 g/mol. The van der Waals surface area contributed by atoms with Gasteiger partial charge in [-0.15, -0.1) is 11.6 Å². The highest BCUT2D eigenvalue weighted by Gasteiger charge is 2.53. The first kappa shape index (κ1) is 29.2. The van der Waals surface area contributed by atoms with Gasteiger partial charge >= 0.3 is 19.4 Å². The molecule has 2 heterocycles. The minimum absolute atomic E-state index is 0.169. The summed E-state index contributed by atoms with van der Waals surface area (Å²) in [6.45, 7) is 5.63. The van der Waals surface area contributed by atoms with Gasteiger partial charge in [-0.2, -0.15) is 5.09 Å². The highest BCUT2D eigenvalue weighted by molar-refractivity contribution is 7.52. The second kappa shape index (κ2) is 11.1. The van der Waals surface area contributed by atoms with Gasteiger partial charge in [-0.25, -0.2) is 9.36 Å². The Morgan fingerprint density at radius 2 is 1.97 bits per heavy atom. The zero-order valence-electron chi connectivity index (χ0n) is 20.6. The van der Waals surface area contributed by atoms with Gasteiger partial charge in [0, 0.05) is 12.3 Å². The highest BCUT2D eigenvalue weighted by atomic mass is 35.5. The van der Waals surface area contributed by atoms with Crippen LogP contribution in [0.5, 0.6) is 5.75 Å². The smallest absolute Gasteiger partial charge is 0.459 e. The molecular formula is C22H28BClN3O9P. The molecule has 1 aromatic heterocycles. The summed E-state index contributed by atoms with van der Waals surface area (Å²) in [5.74, 6) is -0.540. The van der Waals surface area contributed by atoms with Crippen LogP contribution >= 0.6 is 19.3 Å². The average Bonchev–Trinajstić information content (AvgIpc) is 3.01. The van der Waals surface area contributed by atoms with E-state index in [1.54, 1.807) is 32.0 Å². The Balaban J connectivity index is 1.84. The molecule has 2 aromatic rings. The van der Waals surface area contributed by atoms with Gasteiger partial charge in [-0.1, -0.05) is 18.2 Å². The summed E-state index contributed by atoms with van der Waals surface area (Å²) in [4.78, 5) is 38.3. The first-order valence-corrected chi connectivity index (χ1v) is 13.2. The quantitative estimate of drug-likeness (QED) is 0.169. The maximum absolute atomic E-state index is 13.8. The van der Waals surface area contributed by atoms with Crippen molar-refractivity contribution in [2.24, 2.45) is 0 Å². The van der Waals surface area contributed by atoms with Crippen LogP contribution in [0.2, 0.25) is 0 Å². The lowest BCUT2D eigenvalue weighted by Gasteiger charge is -2.30. The predicted molar refractivity (Wildman–Crippen MR) is 135 cm³/mol. The number of aromatic nitrogens is 2. The fourth-order valence-electron chi connectivity index (χ4n) is 3.42. The minimum Gasteiger partial charge on any atom is -0.462 e. The SMILES string of the molecule is [B][C@]1(Cl)[C@H](O)[C@@H](CO[P@@](=O)(NC(C)(C)C(=O)OC(C)C)Oc2ccccc2)O[C@H]1n1ccc(=O)[nH]c1=O. The van der Waals surface area contributed by atoms with Gasteiger partial charge in [0.25, 0.3) is 5.56 Å². The van der Waals surface area contributed by atoms with Gasteiger partial charge in [-0.05, 0) is 39.8 Å². The second-order valence-electron chi connectivity index (χ2n) is 9.20. The van der Waals surface area contributed by atoms with Crippen LogP contribution in [0, 0.1) is 0 Å². The van der Waals surface area contributed by atoms with Crippen molar-refractivity contribution in [1.82, 2.24) is 14.6 Å². The summed E-state index contributed by atoms with van der Waals surface area (Å²) in [5, 5.41) is 13.3. The third-order valence-corrected chi connectivity index (χ3v) is 7.42. The number of halogens is 1. The van der Waals surface area contributed by atoms with Gasteiger partial charge < -0.3 is 19.1 Å². The molecule has 15 heteroatoms. The van der Waals surface area contributed by atoms with Crippen LogP contribution in [0.1, 0.15) is 33.9 Å². The third kappa shape index (κ3) is 6.92. The number of esters is 1. The minimum atomic E-state index is -4.33. The van der Waals surface area contributed by atoms with E-state index >= 15 is 0 Å². The molecule has 0 bridgehead atoms. The molecule has 3 N–H and O–H groups in total. The number of alkyl halides is 1. The molecule has 1 aliphatic heterocycles. The summed E-state index contributed by atoms with van der Waals surface area (Å²) in [6.07, 6.45) is -3.63. The molecule has 0 spiro atoms. The zero-order chi connectivity index (χ0) is 27.6. The Labute approximate surface area is 219 Å². The number of H-pyrrole nitrogens is 1. The number of nitrogens with zero attached hydrogens (tertiary/aromatic N) is 1.